The molecule has 8 N–H and O–H groups in total. The Morgan fingerprint density at radius 2 is 1.73 bits per heavy atom. The van der Waals surface area contributed by atoms with Gasteiger partial charge < -0.3 is 36.9 Å². The number of nitrogens with two attached hydrogens (primary N) is 1. The lowest BCUT2D eigenvalue weighted by Crippen LogP contribution is -2.59. The zero-order chi connectivity index (χ0) is 22.8. The first-order chi connectivity index (χ1) is 14.1. The lowest BCUT2D eigenvalue weighted by molar-refractivity contribution is -0.143. The van der Waals surface area contributed by atoms with Crippen molar-refractivity contribution in [2.45, 2.75) is 44.4 Å². The third-order valence-electron chi connectivity index (χ3n) is 4.19. The zero-order valence-electron chi connectivity index (χ0n) is 16.7. The molecule has 3 amide bonds. The molecule has 0 saturated carbocycles. The molecule has 4 unspecified atom stereocenters. The molecule has 4 atom stereocenters. The van der Waals surface area contributed by atoms with Crippen molar-refractivity contribution in [3.05, 3.63) is 18.2 Å². The summed E-state index contributed by atoms with van der Waals surface area (Å²) in [6.45, 7) is 2.43. The summed E-state index contributed by atoms with van der Waals surface area (Å²) in [5, 5.41) is 25.6. The Labute approximate surface area is 178 Å². The smallest absolute Gasteiger partial charge is 0.326 e. The van der Waals surface area contributed by atoms with Crippen LogP contribution in [0.25, 0.3) is 0 Å². The maximum atomic E-state index is 12.4. The standard InChI is InChI=1S/C17H28N6O6S/c1-8(2)13(17(28)29)23-15(26)11(5-24)21-16(27)12(6-30)22-14(25)10(18)3-9-4-19-7-20-9/h4,7-8,10-13,24,30H,3,5-6,18H2,1-2H3,(H,19,20)(H,21,27)(H,22,25)(H,23,26)(H,28,29). The van der Waals surface area contributed by atoms with Crippen LogP contribution in [-0.4, -0.2) is 80.4 Å². The summed E-state index contributed by atoms with van der Waals surface area (Å²) in [6.07, 6.45) is 3.13. The van der Waals surface area contributed by atoms with Gasteiger partial charge in [0.1, 0.15) is 18.1 Å². The van der Waals surface area contributed by atoms with E-state index in [-0.39, 0.29) is 12.2 Å². The van der Waals surface area contributed by atoms with Gasteiger partial charge in [-0.1, -0.05) is 13.8 Å². The highest BCUT2D eigenvalue weighted by Gasteiger charge is 2.30. The first-order valence-corrected chi connectivity index (χ1v) is 9.82. The number of nitrogens with zero attached hydrogens (tertiary/aromatic N) is 1. The van der Waals surface area contributed by atoms with Crippen molar-refractivity contribution in [3.8, 4) is 0 Å². The van der Waals surface area contributed by atoms with Crippen LogP contribution in [0.1, 0.15) is 19.5 Å². The molecule has 1 aromatic heterocycles. The summed E-state index contributed by atoms with van der Waals surface area (Å²) in [7, 11) is 0. The Balaban J connectivity index is 2.69. The van der Waals surface area contributed by atoms with Crippen molar-refractivity contribution in [1.82, 2.24) is 25.9 Å². The van der Waals surface area contributed by atoms with Crippen molar-refractivity contribution in [1.29, 1.82) is 0 Å². The second-order valence-electron chi connectivity index (χ2n) is 6.94. The molecule has 1 heterocycles. The van der Waals surface area contributed by atoms with E-state index in [1.54, 1.807) is 13.8 Å². The van der Waals surface area contributed by atoms with Crippen LogP contribution in [0.4, 0.5) is 0 Å². The molecule has 13 heteroatoms. The lowest BCUT2D eigenvalue weighted by atomic mass is 10.0. The van der Waals surface area contributed by atoms with Crippen LogP contribution in [-0.2, 0) is 25.6 Å². The van der Waals surface area contributed by atoms with Crippen LogP contribution in [0, 0.1) is 5.92 Å². The number of amides is 3. The van der Waals surface area contributed by atoms with E-state index in [1.807, 2.05) is 0 Å². The molecule has 30 heavy (non-hydrogen) atoms. The summed E-state index contributed by atoms with van der Waals surface area (Å²) < 4.78 is 0. The topological polar surface area (TPSA) is 200 Å². The number of carbonyl (C=O) groups excluding carboxylic acids is 3. The van der Waals surface area contributed by atoms with E-state index >= 15 is 0 Å². The third kappa shape index (κ3) is 7.65. The van der Waals surface area contributed by atoms with Crippen LogP contribution in [0.15, 0.2) is 12.5 Å². The number of carbonyl (C=O) groups is 4. The van der Waals surface area contributed by atoms with Crippen LogP contribution in [0.2, 0.25) is 0 Å². The second kappa shape index (κ2) is 12.1. The molecule has 0 aromatic carbocycles. The minimum Gasteiger partial charge on any atom is -0.480 e. The van der Waals surface area contributed by atoms with Gasteiger partial charge in [-0.15, -0.1) is 0 Å². The Morgan fingerprint density at radius 1 is 1.13 bits per heavy atom. The van der Waals surface area contributed by atoms with E-state index in [0.29, 0.717) is 5.69 Å². The lowest BCUT2D eigenvalue weighted by Gasteiger charge is -2.24. The fourth-order valence-electron chi connectivity index (χ4n) is 2.43. The third-order valence-corrected chi connectivity index (χ3v) is 4.56. The van der Waals surface area contributed by atoms with E-state index in [1.165, 1.54) is 12.5 Å². The van der Waals surface area contributed by atoms with Crippen molar-refractivity contribution < 1.29 is 29.4 Å². The fraction of sp³-hybridized carbons (Fsp3) is 0.588. The molecule has 1 aromatic rings. The normalized spacial score (nSPS) is 15.0. The number of aliphatic carboxylic acids is 1. The SMILES string of the molecule is CC(C)C(NC(=O)C(CO)NC(=O)C(CS)NC(=O)C(N)Cc1cnc[nH]1)C(=O)O. The van der Waals surface area contributed by atoms with E-state index < -0.39 is 60.4 Å². The quantitative estimate of drug-likeness (QED) is 0.160. The van der Waals surface area contributed by atoms with Crippen LogP contribution >= 0.6 is 12.6 Å². The number of thiol groups is 1. The molecule has 1 rings (SSSR count). The van der Waals surface area contributed by atoms with Gasteiger partial charge in [0.2, 0.25) is 17.7 Å². The van der Waals surface area contributed by atoms with Gasteiger partial charge in [-0.3, -0.25) is 14.4 Å². The maximum Gasteiger partial charge on any atom is 0.326 e. The number of hydrogen-bond acceptors (Lipinski definition) is 8. The van der Waals surface area contributed by atoms with E-state index in [4.69, 9.17) is 10.8 Å². The molecule has 0 aliphatic carbocycles. The minimum atomic E-state index is -1.41. The second-order valence-corrected chi connectivity index (χ2v) is 7.31. The maximum absolute atomic E-state index is 12.4. The van der Waals surface area contributed by atoms with Crippen molar-refractivity contribution >= 4 is 36.3 Å². The first kappa shape index (κ1) is 25.4. The molecule has 168 valence electrons. The molecule has 0 radical (unpaired) electrons. The Hall–Kier alpha value is -2.64. The predicted molar refractivity (Wildman–Crippen MR) is 109 cm³/mol. The van der Waals surface area contributed by atoms with Gasteiger partial charge in [0, 0.05) is 24.1 Å². The molecule has 12 nitrogen and oxygen atoms in total. The molecular formula is C17H28N6O6S. The highest BCUT2D eigenvalue weighted by Crippen LogP contribution is 2.03. The average Bonchev–Trinajstić information content (AvgIpc) is 3.19. The molecule has 0 bridgehead atoms. The summed E-state index contributed by atoms with van der Waals surface area (Å²) in [5.41, 5.74) is 6.46. The van der Waals surface area contributed by atoms with Crippen LogP contribution in [0.5, 0.6) is 0 Å². The minimum absolute atomic E-state index is 0.0993. The number of aliphatic hydroxyl groups is 1. The van der Waals surface area contributed by atoms with Gasteiger partial charge in [-0.25, -0.2) is 9.78 Å². The molecule has 0 saturated heterocycles. The highest BCUT2D eigenvalue weighted by molar-refractivity contribution is 7.80. The van der Waals surface area contributed by atoms with Gasteiger partial charge >= 0.3 is 5.97 Å². The van der Waals surface area contributed by atoms with Gasteiger partial charge in [0.15, 0.2) is 0 Å². The van der Waals surface area contributed by atoms with Crippen LogP contribution in [0.3, 0.4) is 0 Å². The number of aliphatic hydroxyl groups excluding tert-OH is 1. The van der Waals surface area contributed by atoms with Crippen molar-refractivity contribution in [2.24, 2.45) is 11.7 Å². The fourth-order valence-corrected chi connectivity index (χ4v) is 2.69. The van der Waals surface area contributed by atoms with Gasteiger partial charge in [0.25, 0.3) is 0 Å². The molecule has 0 aliphatic rings. The molecule has 0 aliphatic heterocycles. The van der Waals surface area contributed by atoms with Gasteiger partial charge in [0.05, 0.1) is 19.0 Å². The van der Waals surface area contributed by atoms with Crippen molar-refractivity contribution in [2.75, 3.05) is 12.4 Å². The largest absolute Gasteiger partial charge is 0.480 e. The predicted octanol–water partition coefficient (Wildman–Crippen LogP) is -2.60. The summed E-state index contributed by atoms with van der Waals surface area (Å²) in [5.74, 6) is -4.02. The van der Waals surface area contributed by atoms with E-state index in [9.17, 15) is 24.3 Å². The first-order valence-electron chi connectivity index (χ1n) is 9.19. The highest BCUT2D eigenvalue weighted by atomic mass is 32.1. The zero-order valence-corrected chi connectivity index (χ0v) is 17.6. The number of aromatic amines is 1. The number of H-pyrrole nitrogens is 1. The Kier molecular flexibility index (Phi) is 10.3. The number of aromatic nitrogens is 2. The van der Waals surface area contributed by atoms with Crippen LogP contribution < -0.4 is 21.7 Å². The average molecular weight is 445 g/mol. The number of hydrogen-bond donors (Lipinski definition) is 8. The summed E-state index contributed by atoms with van der Waals surface area (Å²) in [4.78, 5) is 54.8. The van der Waals surface area contributed by atoms with E-state index in [2.05, 4.69) is 38.5 Å². The number of nitrogens with one attached hydrogen (secondary N) is 4. The number of carboxylic acids is 1. The van der Waals surface area contributed by atoms with E-state index in [0.717, 1.165) is 0 Å². The Morgan fingerprint density at radius 3 is 2.20 bits per heavy atom. The van der Waals surface area contributed by atoms with Crippen molar-refractivity contribution in [3.63, 3.8) is 0 Å². The van der Waals surface area contributed by atoms with Gasteiger partial charge in [-0.05, 0) is 5.92 Å². The number of imidazole rings is 1. The summed E-state index contributed by atoms with van der Waals surface area (Å²) in [6, 6.07) is -4.68. The number of carboxylic acid groups (broad SMARTS) is 1. The molecule has 0 fully saturated rings. The Bertz CT molecular complexity index is 728. The monoisotopic (exact) mass is 444 g/mol. The van der Waals surface area contributed by atoms with Gasteiger partial charge in [-0.2, -0.15) is 12.6 Å². The summed E-state index contributed by atoms with van der Waals surface area (Å²) >= 11 is 4.03. The molecular weight excluding hydrogens is 416 g/mol. The number of rotatable bonds is 12. The molecule has 0 spiro atoms.